The molecule has 1 aromatic rings. The molecular formula is C15H22ClN3. The van der Waals surface area contributed by atoms with Crippen molar-refractivity contribution in [1.29, 1.82) is 5.26 Å². The molecule has 0 atom stereocenters. The first-order valence-corrected chi connectivity index (χ1v) is 7.61. The molecule has 0 N–H and O–H groups in total. The number of nitrogens with zero attached hydrogens (tertiary/aromatic N) is 3. The van der Waals surface area contributed by atoms with Crippen molar-refractivity contribution in [3.05, 3.63) is 16.4 Å². The topological polar surface area (TPSA) is 41.6 Å². The number of nitriles is 1. The lowest BCUT2D eigenvalue weighted by Crippen LogP contribution is -2.22. The highest BCUT2D eigenvalue weighted by atomic mass is 35.5. The van der Waals surface area contributed by atoms with Crippen LogP contribution in [0.25, 0.3) is 0 Å². The standard InChI is InChI=1S/C15H22ClN3/c1-3-12-14(16)13(19(2)18-12)10-15(11-17)8-6-4-5-7-9-15/h3-10H2,1-2H3. The van der Waals surface area contributed by atoms with E-state index in [1.165, 1.54) is 12.8 Å². The highest BCUT2D eigenvalue weighted by molar-refractivity contribution is 6.31. The highest BCUT2D eigenvalue weighted by Crippen LogP contribution is 2.39. The van der Waals surface area contributed by atoms with Crippen molar-refractivity contribution in [2.45, 2.75) is 58.3 Å². The van der Waals surface area contributed by atoms with Crippen LogP contribution >= 0.6 is 11.6 Å². The lowest BCUT2D eigenvalue weighted by molar-refractivity contribution is 0.331. The molecule has 4 heteroatoms. The molecule has 1 fully saturated rings. The summed E-state index contributed by atoms with van der Waals surface area (Å²) < 4.78 is 1.87. The molecule has 0 aliphatic heterocycles. The zero-order chi connectivity index (χ0) is 13.9. The molecule has 0 spiro atoms. The van der Waals surface area contributed by atoms with Crippen LogP contribution in [-0.2, 0) is 19.9 Å². The van der Waals surface area contributed by atoms with Crippen molar-refractivity contribution >= 4 is 11.6 Å². The maximum atomic E-state index is 9.65. The molecule has 0 aromatic carbocycles. The second kappa shape index (κ2) is 5.96. The summed E-state index contributed by atoms with van der Waals surface area (Å²) in [4.78, 5) is 0. The normalized spacial score (nSPS) is 18.8. The van der Waals surface area contributed by atoms with Gasteiger partial charge in [-0.2, -0.15) is 10.4 Å². The SMILES string of the molecule is CCc1nn(C)c(CC2(C#N)CCCCCC2)c1Cl. The Bertz CT molecular complexity index is 476. The van der Waals surface area contributed by atoms with Crippen molar-refractivity contribution < 1.29 is 0 Å². The molecule has 1 aliphatic rings. The van der Waals surface area contributed by atoms with Crippen molar-refractivity contribution in [1.82, 2.24) is 9.78 Å². The zero-order valence-electron chi connectivity index (χ0n) is 11.9. The Labute approximate surface area is 120 Å². The minimum absolute atomic E-state index is 0.237. The second-order valence-electron chi connectivity index (χ2n) is 5.67. The summed E-state index contributed by atoms with van der Waals surface area (Å²) in [6, 6.07) is 2.59. The third-order valence-corrected chi connectivity index (χ3v) is 4.74. The fourth-order valence-corrected chi connectivity index (χ4v) is 3.43. The largest absolute Gasteiger partial charge is 0.271 e. The van der Waals surface area contributed by atoms with Crippen LogP contribution in [0.2, 0.25) is 5.02 Å². The number of hydrogen-bond acceptors (Lipinski definition) is 2. The predicted molar refractivity (Wildman–Crippen MR) is 77.0 cm³/mol. The van der Waals surface area contributed by atoms with Gasteiger partial charge < -0.3 is 0 Å². The van der Waals surface area contributed by atoms with E-state index in [1.807, 2.05) is 11.7 Å². The van der Waals surface area contributed by atoms with Crippen molar-refractivity contribution in [3.63, 3.8) is 0 Å². The van der Waals surface area contributed by atoms with Crippen LogP contribution in [-0.4, -0.2) is 9.78 Å². The number of hydrogen-bond donors (Lipinski definition) is 0. The van der Waals surface area contributed by atoms with Crippen molar-refractivity contribution in [2.24, 2.45) is 12.5 Å². The fraction of sp³-hybridized carbons (Fsp3) is 0.733. The monoisotopic (exact) mass is 279 g/mol. The van der Waals surface area contributed by atoms with Crippen LogP contribution in [0.5, 0.6) is 0 Å². The number of rotatable bonds is 3. The Morgan fingerprint density at radius 1 is 1.32 bits per heavy atom. The Hall–Kier alpha value is -1.01. The van der Waals surface area contributed by atoms with E-state index in [2.05, 4.69) is 18.1 Å². The quantitative estimate of drug-likeness (QED) is 0.784. The van der Waals surface area contributed by atoms with Gasteiger partial charge in [0.2, 0.25) is 0 Å². The number of aromatic nitrogens is 2. The Morgan fingerprint density at radius 2 is 1.95 bits per heavy atom. The lowest BCUT2D eigenvalue weighted by atomic mass is 9.78. The number of aryl methyl sites for hydroxylation is 2. The molecule has 0 radical (unpaired) electrons. The molecular weight excluding hydrogens is 258 g/mol. The summed E-state index contributed by atoms with van der Waals surface area (Å²) in [6.45, 7) is 2.06. The highest BCUT2D eigenvalue weighted by Gasteiger charge is 2.33. The summed E-state index contributed by atoms with van der Waals surface area (Å²) >= 11 is 6.42. The van der Waals surface area contributed by atoms with Crippen LogP contribution < -0.4 is 0 Å². The third kappa shape index (κ3) is 2.95. The van der Waals surface area contributed by atoms with E-state index >= 15 is 0 Å². The molecule has 1 heterocycles. The van der Waals surface area contributed by atoms with E-state index in [0.717, 1.165) is 54.9 Å². The van der Waals surface area contributed by atoms with E-state index in [-0.39, 0.29) is 5.41 Å². The molecule has 2 rings (SSSR count). The van der Waals surface area contributed by atoms with Gasteiger partial charge in [-0.15, -0.1) is 0 Å². The Balaban J connectivity index is 2.27. The van der Waals surface area contributed by atoms with E-state index in [0.29, 0.717) is 0 Å². The summed E-state index contributed by atoms with van der Waals surface area (Å²) in [5, 5.41) is 14.9. The molecule has 0 saturated heterocycles. The summed E-state index contributed by atoms with van der Waals surface area (Å²) in [5.41, 5.74) is 1.74. The minimum Gasteiger partial charge on any atom is -0.271 e. The smallest absolute Gasteiger partial charge is 0.0850 e. The molecule has 0 unspecified atom stereocenters. The van der Waals surface area contributed by atoms with Gasteiger partial charge in [-0.25, -0.2) is 0 Å². The maximum absolute atomic E-state index is 9.65. The first-order valence-electron chi connectivity index (χ1n) is 7.23. The maximum Gasteiger partial charge on any atom is 0.0850 e. The Morgan fingerprint density at radius 3 is 2.42 bits per heavy atom. The van der Waals surface area contributed by atoms with Crippen molar-refractivity contribution in [2.75, 3.05) is 0 Å². The molecule has 19 heavy (non-hydrogen) atoms. The van der Waals surface area contributed by atoms with Gasteiger partial charge in [0.1, 0.15) is 0 Å². The minimum atomic E-state index is -0.237. The first-order chi connectivity index (χ1) is 9.12. The van der Waals surface area contributed by atoms with Gasteiger partial charge in [0.25, 0.3) is 0 Å². The molecule has 1 aliphatic carbocycles. The van der Waals surface area contributed by atoms with Gasteiger partial charge in [0.05, 0.1) is 27.9 Å². The first kappa shape index (κ1) is 14.4. The van der Waals surface area contributed by atoms with Crippen LogP contribution in [0.4, 0.5) is 0 Å². The molecule has 0 amide bonds. The van der Waals surface area contributed by atoms with Gasteiger partial charge in [-0.3, -0.25) is 4.68 Å². The van der Waals surface area contributed by atoms with Crippen LogP contribution in [0.15, 0.2) is 0 Å². The average molecular weight is 280 g/mol. The lowest BCUT2D eigenvalue weighted by Gasteiger charge is -2.24. The summed E-state index contributed by atoms with van der Waals surface area (Å²) in [7, 11) is 1.93. The van der Waals surface area contributed by atoms with Gasteiger partial charge in [-0.05, 0) is 19.3 Å². The second-order valence-corrected chi connectivity index (χ2v) is 6.05. The fourth-order valence-electron chi connectivity index (χ4n) is 3.07. The zero-order valence-corrected chi connectivity index (χ0v) is 12.6. The van der Waals surface area contributed by atoms with E-state index in [9.17, 15) is 5.26 Å². The Kier molecular flexibility index (Phi) is 4.52. The van der Waals surface area contributed by atoms with E-state index in [4.69, 9.17) is 11.6 Å². The molecule has 1 aromatic heterocycles. The van der Waals surface area contributed by atoms with Gasteiger partial charge in [0, 0.05) is 13.5 Å². The van der Waals surface area contributed by atoms with Gasteiger partial charge >= 0.3 is 0 Å². The van der Waals surface area contributed by atoms with E-state index < -0.39 is 0 Å². The molecule has 104 valence electrons. The molecule has 3 nitrogen and oxygen atoms in total. The van der Waals surface area contributed by atoms with Crippen molar-refractivity contribution in [3.8, 4) is 6.07 Å². The van der Waals surface area contributed by atoms with Gasteiger partial charge in [0.15, 0.2) is 0 Å². The molecule has 0 bridgehead atoms. The van der Waals surface area contributed by atoms with Gasteiger partial charge in [-0.1, -0.05) is 44.2 Å². The molecule has 1 saturated carbocycles. The van der Waals surface area contributed by atoms with Crippen LogP contribution in [0.3, 0.4) is 0 Å². The summed E-state index contributed by atoms with van der Waals surface area (Å²) in [6.07, 6.45) is 8.38. The summed E-state index contributed by atoms with van der Waals surface area (Å²) in [5.74, 6) is 0. The average Bonchev–Trinajstić information content (AvgIpc) is 2.62. The third-order valence-electron chi connectivity index (χ3n) is 4.31. The van der Waals surface area contributed by atoms with E-state index in [1.54, 1.807) is 0 Å². The van der Waals surface area contributed by atoms with Crippen LogP contribution in [0.1, 0.15) is 56.8 Å². The number of halogens is 1. The van der Waals surface area contributed by atoms with Crippen LogP contribution in [0, 0.1) is 16.7 Å². The predicted octanol–water partition coefficient (Wildman–Crippen LogP) is 4.04.